The fraction of sp³-hybridized carbons (Fsp3) is 0.360. The second-order valence-electron chi connectivity index (χ2n) is 9.02. The van der Waals surface area contributed by atoms with Crippen LogP contribution in [0.5, 0.6) is 0 Å². The number of rotatable bonds is 9. The summed E-state index contributed by atoms with van der Waals surface area (Å²) in [5.74, 6) is -29.9. The number of benzene rings is 3. The van der Waals surface area contributed by atoms with Gasteiger partial charge in [0.25, 0.3) is 0 Å². The van der Waals surface area contributed by atoms with Crippen molar-refractivity contribution in [1.29, 1.82) is 0 Å². The lowest BCUT2D eigenvalue weighted by atomic mass is 10.0. The Morgan fingerprint density at radius 2 is 0.641 bits per heavy atom. The van der Waals surface area contributed by atoms with Gasteiger partial charge in [0.05, 0.1) is 10.8 Å². The fourth-order valence-corrected chi connectivity index (χ4v) is 10.7. The molecular formula is C25H21F12NSi. The maximum Gasteiger partial charge on any atom is 0.200 e. The summed E-state index contributed by atoms with van der Waals surface area (Å²) in [5.41, 5.74) is -3.64. The quantitative estimate of drug-likeness (QED) is 0.104. The third-order valence-electron chi connectivity index (χ3n) is 6.57. The topological polar surface area (TPSA) is 3.24 Å². The first-order valence-corrected chi connectivity index (χ1v) is 14.4. The van der Waals surface area contributed by atoms with Crippen LogP contribution in [0.15, 0.2) is 0 Å². The molecule has 0 radical (unpaired) electrons. The summed E-state index contributed by atoms with van der Waals surface area (Å²) in [7, 11) is -3.89. The van der Waals surface area contributed by atoms with Crippen LogP contribution in [-0.2, 0) is 0 Å². The number of hydrogen-bond donors (Lipinski definition) is 0. The molecule has 214 valence electrons. The fourth-order valence-electron chi connectivity index (χ4n) is 5.15. The maximum absolute atomic E-state index is 16.0. The Hall–Kier alpha value is -2.90. The predicted octanol–water partition coefficient (Wildman–Crippen LogP) is 9.82. The third kappa shape index (κ3) is 4.63. The standard InChI is InChI=1S/C25H21F12NSi/c1-4-7-39(8-5-2,9-6-3)38(25-22(36)19(33)18(32)20(34)23(25)37)24-15(29)11-10(14(28)21(24)35)12(26)16(30)17(31)13(11)27/h4-9H2,1-3H3. The van der Waals surface area contributed by atoms with Crippen molar-refractivity contribution < 1.29 is 52.7 Å². The average molecular weight is 592 g/mol. The van der Waals surface area contributed by atoms with E-state index in [0.29, 0.717) is 0 Å². The van der Waals surface area contributed by atoms with Crippen LogP contribution >= 0.6 is 0 Å². The number of anilines is 2. The summed E-state index contributed by atoms with van der Waals surface area (Å²) in [5, 5.41) is -3.92. The second-order valence-corrected chi connectivity index (χ2v) is 13.4. The Morgan fingerprint density at radius 3 is 1.03 bits per heavy atom. The molecule has 0 saturated heterocycles. The van der Waals surface area contributed by atoms with E-state index in [1.54, 1.807) is 20.8 Å². The smallest absolute Gasteiger partial charge is 0.200 e. The second kappa shape index (κ2) is 11.3. The molecule has 0 fully saturated rings. The van der Waals surface area contributed by atoms with Crippen LogP contribution in [-0.4, -0.2) is 8.24 Å². The summed E-state index contributed by atoms with van der Waals surface area (Å²) in [4.78, 5) is 0. The number of fused-ring (bicyclic) bond motifs is 1. The highest BCUT2D eigenvalue weighted by atomic mass is 28.3. The van der Waals surface area contributed by atoms with E-state index in [1.807, 2.05) is 0 Å². The van der Waals surface area contributed by atoms with E-state index in [-0.39, 0.29) is 42.0 Å². The minimum Gasteiger partial charge on any atom is -0.359 e. The molecule has 0 atom stereocenters. The lowest BCUT2D eigenvalue weighted by molar-refractivity contribution is 0.380. The van der Waals surface area contributed by atoms with Gasteiger partial charge in [-0.1, -0.05) is 40.0 Å². The van der Waals surface area contributed by atoms with Crippen molar-refractivity contribution in [3.63, 3.8) is 0 Å². The van der Waals surface area contributed by atoms with E-state index in [4.69, 9.17) is 0 Å². The van der Waals surface area contributed by atoms with Crippen molar-refractivity contribution in [2.45, 2.75) is 58.2 Å². The van der Waals surface area contributed by atoms with E-state index >= 15 is 22.0 Å². The molecule has 3 rings (SSSR count). The van der Waals surface area contributed by atoms with Crippen LogP contribution in [0, 0.1) is 69.8 Å². The van der Waals surface area contributed by atoms with Gasteiger partial charge in [-0.25, -0.2) is 52.7 Å². The van der Waals surface area contributed by atoms with Crippen molar-refractivity contribution in [2.75, 3.05) is 4.57 Å². The largest absolute Gasteiger partial charge is 0.359 e. The Balaban J connectivity index is 2.70. The molecular weight excluding hydrogens is 570 g/mol. The number of halogens is 12. The van der Waals surface area contributed by atoms with Crippen LogP contribution in [0.1, 0.15) is 40.0 Å². The first kappa shape index (κ1) is 30.6. The minimum atomic E-state index is -3.89. The Labute approximate surface area is 216 Å². The molecule has 0 unspecified atom stereocenters. The molecule has 0 aliphatic heterocycles. The SMILES string of the molecule is CCC[Si](CCC)(CCC)N(c1c(F)c(F)c(F)c(F)c1F)c1c(F)c(F)c2c(F)c(F)c(F)c(F)c2c1F. The van der Waals surface area contributed by atoms with E-state index in [1.165, 1.54) is 0 Å². The van der Waals surface area contributed by atoms with Crippen LogP contribution in [0.25, 0.3) is 10.8 Å². The van der Waals surface area contributed by atoms with E-state index in [9.17, 15) is 30.7 Å². The van der Waals surface area contributed by atoms with E-state index in [2.05, 4.69) is 0 Å². The van der Waals surface area contributed by atoms with Gasteiger partial charge in [-0.2, -0.15) is 0 Å². The van der Waals surface area contributed by atoms with Crippen molar-refractivity contribution in [3.8, 4) is 0 Å². The first-order chi connectivity index (χ1) is 18.2. The van der Waals surface area contributed by atoms with Crippen molar-refractivity contribution >= 4 is 30.4 Å². The summed E-state index contributed by atoms with van der Waals surface area (Å²) >= 11 is 0. The molecule has 0 heterocycles. The first-order valence-electron chi connectivity index (χ1n) is 11.9. The Morgan fingerprint density at radius 1 is 0.385 bits per heavy atom. The molecule has 0 amide bonds. The van der Waals surface area contributed by atoms with Gasteiger partial charge >= 0.3 is 0 Å². The lowest BCUT2D eigenvalue weighted by Gasteiger charge is -2.44. The number of hydrogen-bond acceptors (Lipinski definition) is 1. The van der Waals surface area contributed by atoms with E-state index < -0.39 is 100 Å². The Bertz CT molecular complexity index is 1400. The number of nitrogens with zero attached hydrogens (tertiary/aromatic N) is 1. The zero-order chi connectivity index (χ0) is 29.6. The summed E-state index contributed by atoms with van der Waals surface area (Å²) in [6.07, 6.45) is 0.501. The van der Waals surface area contributed by atoms with Crippen LogP contribution in [0.2, 0.25) is 18.1 Å². The highest BCUT2D eigenvalue weighted by Crippen LogP contribution is 2.48. The molecule has 3 aromatic carbocycles. The molecule has 0 saturated carbocycles. The average Bonchev–Trinajstić information content (AvgIpc) is 2.89. The Kier molecular flexibility index (Phi) is 8.87. The molecule has 0 aliphatic rings. The minimum absolute atomic E-state index is 0.0820. The lowest BCUT2D eigenvalue weighted by Crippen LogP contribution is -2.52. The molecule has 1 nitrogen and oxygen atoms in total. The zero-order valence-electron chi connectivity index (χ0n) is 20.7. The van der Waals surface area contributed by atoms with Crippen LogP contribution in [0.4, 0.5) is 64.1 Å². The molecule has 0 aliphatic carbocycles. The highest BCUT2D eigenvalue weighted by Gasteiger charge is 2.46. The van der Waals surface area contributed by atoms with Gasteiger partial charge < -0.3 is 4.57 Å². The molecule has 39 heavy (non-hydrogen) atoms. The predicted molar refractivity (Wildman–Crippen MR) is 123 cm³/mol. The van der Waals surface area contributed by atoms with Crippen molar-refractivity contribution in [1.82, 2.24) is 0 Å². The third-order valence-corrected chi connectivity index (χ3v) is 12.3. The normalized spacial score (nSPS) is 12.1. The van der Waals surface area contributed by atoms with Crippen LogP contribution in [0.3, 0.4) is 0 Å². The summed E-state index contributed by atoms with van der Waals surface area (Å²) in [6.45, 7) is 4.68. The molecule has 0 aromatic heterocycles. The van der Waals surface area contributed by atoms with Gasteiger partial charge in [-0.3, -0.25) is 0 Å². The van der Waals surface area contributed by atoms with Gasteiger partial charge in [-0.05, 0) is 18.1 Å². The molecule has 14 heteroatoms. The van der Waals surface area contributed by atoms with Gasteiger partial charge in [0.15, 0.2) is 72.2 Å². The van der Waals surface area contributed by atoms with Crippen LogP contribution < -0.4 is 4.57 Å². The highest BCUT2D eigenvalue weighted by molar-refractivity contribution is 6.84. The van der Waals surface area contributed by atoms with Gasteiger partial charge in [0.2, 0.25) is 5.82 Å². The van der Waals surface area contributed by atoms with Gasteiger partial charge in [-0.15, -0.1) is 0 Å². The van der Waals surface area contributed by atoms with Crippen molar-refractivity contribution in [2.24, 2.45) is 0 Å². The molecule has 0 bridgehead atoms. The molecule has 3 aromatic rings. The van der Waals surface area contributed by atoms with E-state index in [0.717, 1.165) is 0 Å². The maximum atomic E-state index is 16.0. The molecule has 0 spiro atoms. The monoisotopic (exact) mass is 591 g/mol. The van der Waals surface area contributed by atoms with Crippen molar-refractivity contribution in [3.05, 3.63) is 69.8 Å². The summed E-state index contributed by atoms with van der Waals surface area (Å²) < 4.78 is 177. The van der Waals surface area contributed by atoms with Gasteiger partial charge in [0.1, 0.15) is 11.4 Å². The van der Waals surface area contributed by atoms with Gasteiger partial charge in [0, 0.05) is 0 Å². The summed E-state index contributed by atoms with van der Waals surface area (Å²) in [6, 6.07) is -0.246. The molecule has 0 N–H and O–H groups in total. The zero-order valence-corrected chi connectivity index (χ0v) is 21.7.